The topological polar surface area (TPSA) is 61.4 Å². The molecule has 3 atom stereocenters. The molecule has 5 heteroatoms. The van der Waals surface area contributed by atoms with Gasteiger partial charge in [0.05, 0.1) is 12.1 Å². The second kappa shape index (κ2) is 5.89. The van der Waals surface area contributed by atoms with E-state index in [-0.39, 0.29) is 18.1 Å². The molecule has 0 aromatic carbocycles. The highest BCUT2D eigenvalue weighted by Crippen LogP contribution is 2.23. The molecule has 1 heterocycles. The molecule has 0 spiro atoms. The summed E-state index contributed by atoms with van der Waals surface area (Å²) in [6.07, 6.45) is 3.82. The Labute approximate surface area is 101 Å². The molecule has 4 nitrogen and oxygen atoms in total. The summed E-state index contributed by atoms with van der Waals surface area (Å²) in [4.78, 5) is 11.7. The van der Waals surface area contributed by atoms with E-state index in [1.165, 1.54) is 0 Å². The van der Waals surface area contributed by atoms with Gasteiger partial charge in [0.15, 0.2) is 0 Å². The molecule has 1 saturated carbocycles. The highest BCUT2D eigenvalue weighted by molar-refractivity contribution is 7.99. The van der Waals surface area contributed by atoms with Gasteiger partial charge in [0.1, 0.15) is 0 Å². The van der Waals surface area contributed by atoms with Crippen LogP contribution < -0.4 is 10.6 Å². The summed E-state index contributed by atoms with van der Waals surface area (Å²) in [6, 6.07) is -0.0153. The molecule has 0 aromatic rings. The summed E-state index contributed by atoms with van der Waals surface area (Å²) < 4.78 is 0. The van der Waals surface area contributed by atoms with E-state index in [4.69, 9.17) is 0 Å². The molecule has 3 N–H and O–H groups in total. The fraction of sp³-hybridized carbons (Fsp3) is 0.909. The zero-order chi connectivity index (χ0) is 11.4. The molecule has 2 fully saturated rings. The number of aliphatic hydroxyl groups excluding tert-OH is 1. The third-order valence-electron chi connectivity index (χ3n) is 3.35. The van der Waals surface area contributed by atoms with Crippen molar-refractivity contribution in [3.8, 4) is 0 Å². The Morgan fingerprint density at radius 3 is 3.06 bits per heavy atom. The summed E-state index contributed by atoms with van der Waals surface area (Å²) in [5.74, 6) is 2.33. The lowest BCUT2D eigenvalue weighted by Crippen LogP contribution is -2.44. The van der Waals surface area contributed by atoms with Crippen molar-refractivity contribution in [3.05, 3.63) is 0 Å². The normalized spacial score (nSPS) is 34.9. The molecule has 3 unspecified atom stereocenters. The van der Waals surface area contributed by atoms with E-state index in [1.807, 2.05) is 0 Å². The molecule has 1 aliphatic heterocycles. The number of hydrogen-bond acceptors (Lipinski definition) is 4. The highest BCUT2D eigenvalue weighted by atomic mass is 32.2. The van der Waals surface area contributed by atoms with Crippen molar-refractivity contribution in [2.24, 2.45) is 5.92 Å². The minimum atomic E-state index is -0.157. The van der Waals surface area contributed by atoms with Crippen molar-refractivity contribution in [2.45, 2.75) is 37.8 Å². The first-order valence-electron chi connectivity index (χ1n) is 6.02. The van der Waals surface area contributed by atoms with Crippen LogP contribution in [0.25, 0.3) is 0 Å². The third-order valence-corrected chi connectivity index (χ3v) is 4.29. The summed E-state index contributed by atoms with van der Waals surface area (Å²) in [5.41, 5.74) is 0. The van der Waals surface area contributed by atoms with Crippen LogP contribution in [0.3, 0.4) is 0 Å². The first-order valence-corrected chi connectivity index (χ1v) is 7.18. The van der Waals surface area contributed by atoms with Crippen molar-refractivity contribution >= 4 is 17.7 Å². The van der Waals surface area contributed by atoms with E-state index < -0.39 is 0 Å². The van der Waals surface area contributed by atoms with Crippen molar-refractivity contribution in [3.63, 3.8) is 0 Å². The van der Waals surface area contributed by atoms with Gasteiger partial charge in [0.2, 0.25) is 5.91 Å². The number of thioether (sulfide) groups is 1. The van der Waals surface area contributed by atoms with Gasteiger partial charge in [-0.2, -0.15) is 0 Å². The number of carbonyl (C=O) groups is 1. The Bertz CT molecular complexity index is 244. The summed E-state index contributed by atoms with van der Waals surface area (Å²) in [6.45, 7) is 0.721. The Balaban J connectivity index is 1.67. The van der Waals surface area contributed by atoms with Gasteiger partial charge in [0.25, 0.3) is 0 Å². The summed E-state index contributed by atoms with van der Waals surface area (Å²) >= 11 is 1.76. The van der Waals surface area contributed by atoms with Crippen molar-refractivity contribution in [1.82, 2.24) is 10.6 Å². The molecular formula is C11H20N2O2S. The van der Waals surface area contributed by atoms with Gasteiger partial charge in [-0.25, -0.2) is 0 Å². The zero-order valence-electron chi connectivity index (χ0n) is 9.45. The molecule has 1 saturated heterocycles. The molecule has 2 rings (SSSR count). The smallest absolute Gasteiger partial charge is 0.238 e. The Hall–Kier alpha value is -0.260. The monoisotopic (exact) mass is 244 g/mol. The van der Waals surface area contributed by atoms with E-state index in [1.54, 1.807) is 11.8 Å². The SMILES string of the molecule is O=C(NCC1CCCC(O)C1)C1CSCN1. The molecule has 0 radical (unpaired) electrons. The molecule has 16 heavy (non-hydrogen) atoms. The van der Waals surface area contributed by atoms with Crippen molar-refractivity contribution in [2.75, 3.05) is 18.2 Å². The number of rotatable bonds is 3. The maximum atomic E-state index is 11.7. The number of carbonyl (C=O) groups excluding carboxylic acids is 1. The quantitative estimate of drug-likeness (QED) is 0.669. The minimum Gasteiger partial charge on any atom is -0.393 e. The third kappa shape index (κ3) is 3.37. The average molecular weight is 244 g/mol. The van der Waals surface area contributed by atoms with Crippen molar-refractivity contribution in [1.29, 1.82) is 0 Å². The highest BCUT2D eigenvalue weighted by Gasteiger charge is 2.24. The second-order valence-corrected chi connectivity index (χ2v) is 5.73. The van der Waals surface area contributed by atoms with Gasteiger partial charge < -0.3 is 10.4 Å². The average Bonchev–Trinajstić information content (AvgIpc) is 2.79. The van der Waals surface area contributed by atoms with Gasteiger partial charge in [-0.05, 0) is 25.2 Å². The van der Waals surface area contributed by atoms with Crippen LogP contribution in [0.1, 0.15) is 25.7 Å². The summed E-state index contributed by atoms with van der Waals surface area (Å²) in [7, 11) is 0. The lowest BCUT2D eigenvalue weighted by atomic mass is 9.87. The molecular weight excluding hydrogens is 224 g/mol. The fourth-order valence-electron chi connectivity index (χ4n) is 2.38. The first kappa shape index (κ1) is 12.2. The van der Waals surface area contributed by atoms with E-state index in [0.717, 1.165) is 43.9 Å². The molecule has 92 valence electrons. The number of hydrogen-bond donors (Lipinski definition) is 3. The fourth-order valence-corrected chi connectivity index (χ4v) is 3.32. The predicted octanol–water partition coefficient (Wildman–Crippen LogP) is 0.316. The molecule has 2 aliphatic rings. The first-order chi connectivity index (χ1) is 7.75. The van der Waals surface area contributed by atoms with E-state index in [0.29, 0.717) is 5.92 Å². The number of nitrogens with one attached hydrogen (secondary N) is 2. The Morgan fingerprint density at radius 1 is 1.50 bits per heavy atom. The van der Waals surface area contributed by atoms with E-state index in [2.05, 4.69) is 10.6 Å². The maximum absolute atomic E-state index is 11.7. The second-order valence-electron chi connectivity index (χ2n) is 4.70. The van der Waals surface area contributed by atoms with Crippen LogP contribution in [-0.2, 0) is 4.79 Å². The zero-order valence-corrected chi connectivity index (χ0v) is 10.3. The van der Waals surface area contributed by atoms with E-state index in [9.17, 15) is 9.90 Å². The van der Waals surface area contributed by atoms with Gasteiger partial charge in [-0.1, -0.05) is 6.42 Å². The lowest BCUT2D eigenvalue weighted by Gasteiger charge is -2.26. The molecule has 1 amide bonds. The minimum absolute atomic E-state index is 0.0153. The van der Waals surface area contributed by atoms with Crippen LogP contribution in [0.4, 0.5) is 0 Å². The van der Waals surface area contributed by atoms with Crippen LogP contribution in [-0.4, -0.2) is 41.3 Å². The Kier molecular flexibility index (Phi) is 4.49. The predicted molar refractivity (Wildman–Crippen MR) is 65.2 cm³/mol. The number of aliphatic hydroxyl groups is 1. The molecule has 1 aliphatic carbocycles. The van der Waals surface area contributed by atoms with Crippen LogP contribution in [0.5, 0.6) is 0 Å². The molecule has 0 bridgehead atoms. The van der Waals surface area contributed by atoms with E-state index >= 15 is 0 Å². The van der Waals surface area contributed by atoms with Crippen LogP contribution in [0, 0.1) is 5.92 Å². The largest absolute Gasteiger partial charge is 0.393 e. The van der Waals surface area contributed by atoms with Gasteiger partial charge in [-0.15, -0.1) is 11.8 Å². The van der Waals surface area contributed by atoms with Crippen LogP contribution >= 0.6 is 11.8 Å². The van der Waals surface area contributed by atoms with Crippen molar-refractivity contribution < 1.29 is 9.90 Å². The lowest BCUT2D eigenvalue weighted by molar-refractivity contribution is -0.122. The van der Waals surface area contributed by atoms with Crippen LogP contribution in [0.15, 0.2) is 0 Å². The molecule has 0 aromatic heterocycles. The standard InChI is InChI=1S/C11H20N2O2S/c14-9-3-1-2-8(4-9)5-12-11(15)10-6-16-7-13-10/h8-10,13-14H,1-7H2,(H,12,15). The van der Waals surface area contributed by atoms with Crippen LogP contribution in [0.2, 0.25) is 0 Å². The number of amides is 1. The van der Waals surface area contributed by atoms with Gasteiger partial charge >= 0.3 is 0 Å². The summed E-state index contributed by atoms with van der Waals surface area (Å²) in [5, 5.41) is 15.7. The van der Waals surface area contributed by atoms with Gasteiger partial charge in [-0.3, -0.25) is 10.1 Å². The Morgan fingerprint density at radius 2 is 2.38 bits per heavy atom. The van der Waals surface area contributed by atoms with Gasteiger partial charge in [0, 0.05) is 18.2 Å². The maximum Gasteiger partial charge on any atom is 0.238 e.